The van der Waals surface area contributed by atoms with Gasteiger partial charge in [-0.05, 0) is 55.8 Å². The van der Waals surface area contributed by atoms with Crippen LogP contribution in [0.25, 0.3) is 22.4 Å². The third kappa shape index (κ3) is 3.12. The Morgan fingerprint density at radius 3 is 2.70 bits per heavy atom. The zero-order valence-corrected chi connectivity index (χ0v) is 17.3. The lowest BCUT2D eigenvalue weighted by Gasteiger charge is -2.36. The Morgan fingerprint density at radius 2 is 1.87 bits per heavy atom. The molecule has 1 N–H and O–H groups in total. The largest absolute Gasteiger partial charge is 0.350 e. The SMILES string of the molecule is O=C1NCCn2c(-c3ccc(C4CCCCN4CC4CC4)cc3)nc3cccc1c32. The molecule has 3 aliphatic rings. The standard InChI is InChI=1S/C25H28N4O/c30-25-20-4-3-5-21-23(20)29(15-13-26-25)24(27-21)19-11-9-18(10-12-19)22-6-1-2-14-28(22)16-17-7-8-17/h3-5,9-12,17,22H,1-2,6-8,13-16H2,(H,26,30). The molecule has 6 rings (SSSR count). The molecule has 1 atom stereocenters. The lowest BCUT2D eigenvalue weighted by molar-refractivity contribution is 0.0956. The van der Waals surface area contributed by atoms with Crippen LogP contribution in [0.4, 0.5) is 0 Å². The van der Waals surface area contributed by atoms with Crippen LogP contribution in [-0.2, 0) is 6.54 Å². The Balaban J connectivity index is 1.35. The van der Waals surface area contributed by atoms with Crippen LogP contribution in [0.2, 0.25) is 0 Å². The molecule has 154 valence electrons. The lowest BCUT2D eigenvalue weighted by atomic mass is 9.94. The molecule has 1 saturated carbocycles. The van der Waals surface area contributed by atoms with Gasteiger partial charge in [-0.15, -0.1) is 0 Å². The molecule has 1 saturated heterocycles. The summed E-state index contributed by atoms with van der Waals surface area (Å²) in [5.74, 6) is 1.89. The van der Waals surface area contributed by atoms with Gasteiger partial charge in [-0.3, -0.25) is 9.69 Å². The summed E-state index contributed by atoms with van der Waals surface area (Å²) in [7, 11) is 0. The van der Waals surface area contributed by atoms with Crippen LogP contribution in [0.3, 0.4) is 0 Å². The van der Waals surface area contributed by atoms with Gasteiger partial charge >= 0.3 is 0 Å². The molecule has 5 nitrogen and oxygen atoms in total. The maximum absolute atomic E-state index is 12.4. The summed E-state index contributed by atoms with van der Waals surface area (Å²) >= 11 is 0. The summed E-state index contributed by atoms with van der Waals surface area (Å²) in [5, 5.41) is 3.00. The predicted octanol–water partition coefficient (Wildman–Crippen LogP) is 4.38. The number of amides is 1. The fraction of sp³-hybridized carbons (Fsp3) is 0.440. The van der Waals surface area contributed by atoms with E-state index in [1.165, 1.54) is 50.8 Å². The van der Waals surface area contributed by atoms with Crippen molar-refractivity contribution in [3.8, 4) is 11.4 Å². The summed E-state index contributed by atoms with van der Waals surface area (Å²) in [4.78, 5) is 20.0. The van der Waals surface area contributed by atoms with Crippen LogP contribution in [-0.4, -0.2) is 40.0 Å². The number of para-hydroxylation sites is 1. The molecule has 3 heterocycles. The normalized spacial score (nSPS) is 22.1. The van der Waals surface area contributed by atoms with Crippen LogP contribution in [0.5, 0.6) is 0 Å². The average molecular weight is 401 g/mol. The molecule has 1 aromatic heterocycles. The highest BCUT2D eigenvalue weighted by Crippen LogP contribution is 2.37. The number of aromatic nitrogens is 2. The van der Waals surface area contributed by atoms with Crippen molar-refractivity contribution < 1.29 is 4.79 Å². The first-order chi connectivity index (χ1) is 14.8. The fourth-order valence-electron chi connectivity index (χ4n) is 5.26. The molecular weight excluding hydrogens is 372 g/mol. The molecule has 30 heavy (non-hydrogen) atoms. The van der Waals surface area contributed by atoms with E-state index in [9.17, 15) is 4.79 Å². The number of hydrogen-bond donors (Lipinski definition) is 1. The van der Waals surface area contributed by atoms with Gasteiger partial charge in [0.05, 0.1) is 16.6 Å². The van der Waals surface area contributed by atoms with Crippen molar-refractivity contribution in [3.63, 3.8) is 0 Å². The molecule has 0 spiro atoms. The zero-order valence-electron chi connectivity index (χ0n) is 17.3. The molecule has 5 heteroatoms. The van der Waals surface area contributed by atoms with Gasteiger partial charge in [-0.2, -0.15) is 0 Å². The van der Waals surface area contributed by atoms with Crippen molar-refractivity contribution in [2.45, 2.75) is 44.7 Å². The summed E-state index contributed by atoms with van der Waals surface area (Å²) in [6, 6.07) is 15.4. The van der Waals surface area contributed by atoms with Crippen LogP contribution < -0.4 is 5.32 Å². The number of nitrogens with one attached hydrogen (secondary N) is 1. The molecule has 0 bridgehead atoms. The van der Waals surface area contributed by atoms with Gasteiger partial charge in [0.25, 0.3) is 5.91 Å². The molecule has 1 aliphatic carbocycles. The summed E-state index contributed by atoms with van der Waals surface area (Å²) in [6.07, 6.45) is 6.75. The molecule has 2 aromatic carbocycles. The van der Waals surface area contributed by atoms with Gasteiger partial charge in [-0.25, -0.2) is 4.98 Å². The van der Waals surface area contributed by atoms with Crippen molar-refractivity contribution in [1.82, 2.24) is 19.8 Å². The molecule has 1 amide bonds. The Labute approximate surface area is 177 Å². The number of piperidine rings is 1. The number of likely N-dealkylation sites (tertiary alicyclic amines) is 1. The van der Waals surface area contributed by atoms with Crippen molar-refractivity contribution in [1.29, 1.82) is 0 Å². The molecular formula is C25H28N4O. The number of hydrogen-bond acceptors (Lipinski definition) is 3. The van der Waals surface area contributed by atoms with E-state index in [0.717, 1.165) is 40.4 Å². The van der Waals surface area contributed by atoms with Crippen molar-refractivity contribution in [2.75, 3.05) is 19.6 Å². The van der Waals surface area contributed by atoms with Gasteiger partial charge in [0.2, 0.25) is 0 Å². The molecule has 1 unspecified atom stereocenters. The van der Waals surface area contributed by atoms with E-state index in [4.69, 9.17) is 4.98 Å². The Hall–Kier alpha value is -2.66. The van der Waals surface area contributed by atoms with Gasteiger partial charge in [0.15, 0.2) is 0 Å². The van der Waals surface area contributed by atoms with E-state index in [2.05, 4.69) is 39.0 Å². The first-order valence-electron chi connectivity index (χ1n) is 11.4. The van der Waals surface area contributed by atoms with Crippen molar-refractivity contribution >= 4 is 16.9 Å². The third-order valence-electron chi connectivity index (χ3n) is 6.99. The van der Waals surface area contributed by atoms with E-state index in [0.29, 0.717) is 12.6 Å². The third-order valence-corrected chi connectivity index (χ3v) is 6.99. The smallest absolute Gasteiger partial charge is 0.253 e. The number of carbonyl (C=O) groups excluding carboxylic acids is 1. The van der Waals surface area contributed by atoms with Gasteiger partial charge < -0.3 is 9.88 Å². The number of rotatable bonds is 4. The lowest BCUT2D eigenvalue weighted by Crippen LogP contribution is -2.34. The second-order valence-electron chi connectivity index (χ2n) is 9.09. The molecule has 2 aliphatic heterocycles. The average Bonchev–Trinajstić information content (AvgIpc) is 3.54. The highest BCUT2D eigenvalue weighted by Gasteiger charge is 2.30. The Kier molecular flexibility index (Phi) is 4.38. The minimum atomic E-state index is -0.00537. The number of imidazole rings is 1. The van der Waals surface area contributed by atoms with E-state index < -0.39 is 0 Å². The maximum atomic E-state index is 12.4. The second kappa shape index (κ2) is 7.24. The second-order valence-corrected chi connectivity index (χ2v) is 9.09. The zero-order chi connectivity index (χ0) is 20.1. The Bertz CT molecular complexity index is 1100. The van der Waals surface area contributed by atoms with Crippen LogP contribution in [0.1, 0.15) is 54.1 Å². The van der Waals surface area contributed by atoms with Crippen LogP contribution in [0.15, 0.2) is 42.5 Å². The minimum Gasteiger partial charge on any atom is -0.350 e. The highest BCUT2D eigenvalue weighted by molar-refractivity contribution is 6.06. The van der Waals surface area contributed by atoms with E-state index in [1.807, 2.05) is 18.2 Å². The van der Waals surface area contributed by atoms with Crippen molar-refractivity contribution in [2.24, 2.45) is 5.92 Å². The van der Waals surface area contributed by atoms with Crippen molar-refractivity contribution in [3.05, 3.63) is 53.6 Å². The summed E-state index contributed by atoms with van der Waals surface area (Å²) in [6.45, 7) is 3.88. The van der Waals surface area contributed by atoms with Gasteiger partial charge in [-0.1, -0.05) is 36.8 Å². The molecule has 2 fully saturated rings. The summed E-state index contributed by atoms with van der Waals surface area (Å²) in [5.41, 5.74) is 5.13. The fourth-order valence-corrected chi connectivity index (χ4v) is 5.26. The van der Waals surface area contributed by atoms with E-state index in [-0.39, 0.29) is 5.91 Å². The number of benzene rings is 2. The Morgan fingerprint density at radius 1 is 1.00 bits per heavy atom. The van der Waals surface area contributed by atoms with Gasteiger partial charge in [0.1, 0.15) is 5.82 Å². The summed E-state index contributed by atoms with van der Waals surface area (Å²) < 4.78 is 2.21. The van der Waals surface area contributed by atoms with Gasteiger partial charge in [0, 0.05) is 31.2 Å². The first kappa shape index (κ1) is 18.1. The minimum absolute atomic E-state index is 0.00537. The topological polar surface area (TPSA) is 50.2 Å². The highest BCUT2D eigenvalue weighted by atomic mass is 16.1. The molecule has 3 aromatic rings. The van der Waals surface area contributed by atoms with E-state index in [1.54, 1.807) is 0 Å². The quantitative estimate of drug-likeness (QED) is 0.707. The number of carbonyl (C=O) groups is 1. The first-order valence-corrected chi connectivity index (χ1v) is 11.4. The number of nitrogens with zero attached hydrogens (tertiary/aromatic N) is 3. The van der Waals surface area contributed by atoms with E-state index >= 15 is 0 Å². The van der Waals surface area contributed by atoms with Crippen LogP contribution >= 0.6 is 0 Å². The monoisotopic (exact) mass is 400 g/mol. The predicted molar refractivity (Wildman–Crippen MR) is 118 cm³/mol. The van der Waals surface area contributed by atoms with Crippen LogP contribution in [0, 0.1) is 5.92 Å². The molecule has 0 radical (unpaired) electrons. The maximum Gasteiger partial charge on any atom is 0.253 e.